The van der Waals surface area contributed by atoms with Crippen LogP contribution in [0.4, 0.5) is 8.78 Å². The van der Waals surface area contributed by atoms with E-state index in [1.54, 1.807) is 24.3 Å². The second-order valence-corrected chi connectivity index (χ2v) is 5.90. The highest BCUT2D eigenvalue weighted by Crippen LogP contribution is 2.24. The summed E-state index contributed by atoms with van der Waals surface area (Å²) in [4.78, 5) is 24.5. The Balaban J connectivity index is 2.07. The maximum absolute atomic E-state index is 13.9. The molecule has 0 saturated carbocycles. The average molecular weight is 384 g/mol. The van der Waals surface area contributed by atoms with Gasteiger partial charge in [-0.1, -0.05) is 29.8 Å². The van der Waals surface area contributed by atoms with Crippen LogP contribution in [0, 0.1) is 11.6 Å². The van der Waals surface area contributed by atoms with E-state index < -0.39 is 41.7 Å². The lowest BCUT2D eigenvalue weighted by Gasteiger charge is -2.25. The molecule has 1 N–H and O–H groups in total. The SMILES string of the molecule is CN(C(=O)COCc1ccccc1Cl)[C@@H](C(=O)O)c1cc(F)ccc1F. The topological polar surface area (TPSA) is 66.8 Å². The molecule has 0 spiro atoms. The number of carbonyl (C=O) groups excluding carboxylic acids is 1. The van der Waals surface area contributed by atoms with Gasteiger partial charge in [0.05, 0.1) is 6.61 Å². The van der Waals surface area contributed by atoms with E-state index in [0.717, 1.165) is 23.1 Å². The number of carboxylic acids is 1. The predicted molar refractivity (Wildman–Crippen MR) is 90.6 cm³/mol. The summed E-state index contributed by atoms with van der Waals surface area (Å²) in [6, 6.07) is 7.64. The largest absolute Gasteiger partial charge is 0.479 e. The molecule has 0 aromatic heterocycles. The molecule has 138 valence electrons. The van der Waals surface area contributed by atoms with E-state index in [1.165, 1.54) is 7.05 Å². The van der Waals surface area contributed by atoms with Crippen molar-refractivity contribution in [3.63, 3.8) is 0 Å². The Hall–Kier alpha value is -2.51. The number of carboxylic acid groups (broad SMARTS) is 1. The zero-order chi connectivity index (χ0) is 19.3. The Kier molecular flexibility index (Phi) is 6.65. The lowest BCUT2D eigenvalue weighted by molar-refractivity contribution is -0.151. The molecule has 0 aliphatic rings. The van der Waals surface area contributed by atoms with Crippen molar-refractivity contribution in [2.24, 2.45) is 0 Å². The van der Waals surface area contributed by atoms with Gasteiger partial charge in [-0.15, -0.1) is 0 Å². The van der Waals surface area contributed by atoms with Crippen LogP contribution < -0.4 is 0 Å². The molecule has 0 unspecified atom stereocenters. The maximum atomic E-state index is 13.9. The van der Waals surface area contributed by atoms with E-state index in [1.807, 2.05) is 0 Å². The molecule has 1 atom stereocenters. The van der Waals surface area contributed by atoms with Crippen LogP contribution in [0.5, 0.6) is 0 Å². The van der Waals surface area contributed by atoms with Gasteiger partial charge in [-0.2, -0.15) is 0 Å². The third-order valence-electron chi connectivity index (χ3n) is 3.71. The first kappa shape index (κ1) is 19.8. The van der Waals surface area contributed by atoms with Gasteiger partial charge in [0.1, 0.15) is 18.2 Å². The predicted octanol–water partition coefficient (Wildman–Crippen LogP) is 3.42. The van der Waals surface area contributed by atoms with Gasteiger partial charge in [-0.3, -0.25) is 4.79 Å². The summed E-state index contributed by atoms with van der Waals surface area (Å²) >= 11 is 5.98. The molecule has 0 aliphatic carbocycles. The van der Waals surface area contributed by atoms with E-state index in [4.69, 9.17) is 16.3 Å². The third-order valence-corrected chi connectivity index (χ3v) is 4.08. The monoisotopic (exact) mass is 383 g/mol. The van der Waals surface area contributed by atoms with Crippen molar-refractivity contribution in [1.82, 2.24) is 4.90 Å². The molecule has 5 nitrogen and oxygen atoms in total. The molecule has 0 saturated heterocycles. The molecular formula is C18H16ClF2NO4. The molecule has 2 rings (SSSR count). The maximum Gasteiger partial charge on any atom is 0.331 e. The Labute approximate surface area is 153 Å². The van der Waals surface area contributed by atoms with E-state index in [-0.39, 0.29) is 6.61 Å². The fourth-order valence-electron chi connectivity index (χ4n) is 2.34. The number of likely N-dealkylation sites (N-methyl/N-ethyl adjacent to an activating group) is 1. The Bertz CT molecular complexity index is 816. The van der Waals surface area contributed by atoms with Crippen molar-refractivity contribution in [3.8, 4) is 0 Å². The lowest BCUT2D eigenvalue weighted by atomic mass is 10.0. The molecule has 1 amide bonds. The number of benzene rings is 2. The Morgan fingerprint density at radius 2 is 1.92 bits per heavy atom. The summed E-state index contributed by atoms with van der Waals surface area (Å²) < 4.78 is 32.5. The van der Waals surface area contributed by atoms with Crippen molar-refractivity contribution in [1.29, 1.82) is 0 Å². The molecule has 0 aliphatic heterocycles. The van der Waals surface area contributed by atoms with Gasteiger partial charge in [0.15, 0.2) is 6.04 Å². The van der Waals surface area contributed by atoms with Gasteiger partial charge >= 0.3 is 5.97 Å². The smallest absolute Gasteiger partial charge is 0.331 e. The number of rotatable bonds is 7. The quantitative estimate of drug-likeness (QED) is 0.795. The fraction of sp³-hybridized carbons (Fsp3) is 0.222. The molecule has 2 aromatic carbocycles. The van der Waals surface area contributed by atoms with Crippen molar-refractivity contribution in [2.45, 2.75) is 12.6 Å². The highest BCUT2D eigenvalue weighted by Gasteiger charge is 2.31. The van der Waals surface area contributed by atoms with Crippen LogP contribution in [-0.2, 0) is 20.9 Å². The second kappa shape index (κ2) is 8.73. The number of amides is 1. The normalized spacial score (nSPS) is 11.8. The minimum Gasteiger partial charge on any atom is -0.479 e. The molecule has 26 heavy (non-hydrogen) atoms. The number of nitrogens with zero attached hydrogens (tertiary/aromatic N) is 1. The summed E-state index contributed by atoms with van der Waals surface area (Å²) in [7, 11) is 1.18. The van der Waals surface area contributed by atoms with Crippen LogP contribution in [0.15, 0.2) is 42.5 Å². The van der Waals surface area contributed by atoms with Gasteiger partial charge in [-0.25, -0.2) is 13.6 Å². The fourth-order valence-corrected chi connectivity index (χ4v) is 2.53. The molecule has 0 bridgehead atoms. The minimum atomic E-state index is -1.68. The van der Waals surface area contributed by atoms with Crippen LogP contribution in [0.1, 0.15) is 17.2 Å². The third kappa shape index (κ3) is 4.77. The van der Waals surface area contributed by atoms with Crippen LogP contribution >= 0.6 is 11.6 Å². The highest BCUT2D eigenvalue weighted by molar-refractivity contribution is 6.31. The first-order chi connectivity index (χ1) is 12.3. The second-order valence-electron chi connectivity index (χ2n) is 5.50. The van der Waals surface area contributed by atoms with Crippen LogP contribution in [0.25, 0.3) is 0 Å². The summed E-state index contributed by atoms with van der Waals surface area (Å²) in [6.07, 6.45) is 0. The standard InChI is InChI=1S/C18H16ClF2NO4/c1-22(16(23)10-26-9-11-4-2-3-5-14(11)19)17(18(24)25)13-8-12(20)6-7-15(13)21/h2-8,17H,9-10H2,1H3,(H,24,25)/t17-/m1/s1. The van der Waals surface area contributed by atoms with Crippen LogP contribution in [0.3, 0.4) is 0 Å². The molecule has 8 heteroatoms. The number of halogens is 3. The molecule has 0 radical (unpaired) electrons. The van der Waals surface area contributed by atoms with Gasteiger partial charge in [-0.05, 0) is 29.8 Å². The summed E-state index contributed by atoms with van der Waals surface area (Å²) in [6.45, 7) is -0.395. The zero-order valence-electron chi connectivity index (χ0n) is 13.8. The molecule has 2 aromatic rings. The number of carbonyl (C=O) groups is 2. The van der Waals surface area contributed by atoms with Gasteiger partial charge in [0.25, 0.3) is 0 Å². The molecule has 0 heterocycles. The minimum absolute atomic E-state index is 0.0469. The van der Waals surface area contributed by atoms with Crippen molar-refractivity contribution >= 4 is 23.5 Å². The van der Waals surface area contributed by atoms with E-state index >= 15 is 0 Å². The first-order valence-corrected chi connectivity index (χ1v) is 7.93. The number of hydrogen-bond acceptors (Lipinski definition) is 3. The van der Waals surface area contributed by atoms with Crippen molar-refractivity contribution in [2.75, 3.05) is 13.7 Å². The summed E-state index contributed by atoms with van der Waals surface area (Å²) in [5.74, 6) is -3.91. The number of ether oxygens (including phenoxy) is 1. The number of hydrogen-bond donors (Lipinski definition) is 1. The lowest BCUT2D eigenvalue weighted by Crippen LogP contribution is -2.38. The summed E-state index contributed by atoms with van der Waals surface area (Å²) in [5.41, 5.74) is 0.218. The van der Waals surface area contributed by atoms with E-state index in [9.17, 15) is 23.5 Å². The zero-order valence-corrected chi connectivity index (χ0v) is 14.5. The van der Waals surface area contributed by atoms with Crippen LogP contribution in [-0.4, -0.2) is 35.5 Å². The highest BCUT2D eigenvalue weighted by atomic mass is 35.5. The van der Waals surface area contributed by atoms with Crippen molar-refractivity contribution in [3.05, 3.63) is 70.2 Å². The average Bonchev–Trinajstić information content (AvgIpc) is 2.59. The van der Waals surface area contributed by atoms with E-state index in [2.05, 4.69) is 0 Å². The van der Waals surface area contributed by atoms with E-state index in [0.29, 0.717) is 10.6 Å². The number of aliphatic carboxylic acids is 1. The van der Waals surface area contributed by atoms with Gasteiger partial charge in [0, 0.05) is 17.6 Å². The first-order valence-electron chi connectivity index (χ1n) is 7.56. The van der Waals surface area contributed by atoms with Crippen molar-refractivity contribution < 1.29 is 28.2 Å². The Morgan fingerprint density at radius 3 is 2.58 bits per heavy atom. The molecule has 0 fully saturated rings. The summed E-state index contributed by atoms with van der Waals surface area (Å²) in [5, 5.41) is 9.83. The van der Waals surface area contributed by atoms with Gasteiger partial charge in [0.2, 0.25) is 5.91 Å². The Morgan fingerprint density at radius 1 is 1.23 bits per heavy atom. The van der Waals surface area contributed by atoms with Crippen LogP contribution in [0.2, 0.25) is 5.02 Å². The van der Waals surface area contributed by atoms with Gasteiger partial charge < -0.3 is 14.7 Å². The molecular weight excluding hydrogens is 368 g/mol.